The zero-order chi connectivity index (χ0) is 19.1. The lowest BCUT2D eigenvalue weighted by atomic mass is 10.0. The Hall–Kier alpha value is -3.41. The van der Waals surface area contributed by atoms with Gasteiger partial charge in [0.2, 0.25) is 0 Å². The first-order chi connectivity index (χ1) is 13.7. The minimum Gasteiger partial charge on any atom is -0.360 e. The van der Waals surface area contributed by atoms with Crippen molar-refractivity contribution in [2.45, 2.75) is 18.9 Å². The summed E-state index contributed by atoms with van der Waals surface area (Å²) in [6, 6.07) is 15.1. The molecule has 1 amide bonds. The Kier molecular flexibility index (Phi) is 3.97. The number of H-pyrrole nitrogens is 1. The molecule has 1 aliphatic rings. The lowest BCUT2D eigenvalue weighted by Gasteiger charge is -2.33. The van der Waals surface area contributed by atoms with E-state index in [-0.39, 0.29) is 17.5 Å². The molecular formula is C22H20N4O2. The molecule has 1 atom stereocenters. The SMILES string of the molecule is O=C(c1c[nH]c2ccccc12)N1CCCC(n2cnc3ccccc3c2=O)C1. The lowest BCUT2D eigenvalue weighted by Crippen LogP contribution is -2.42. The Morgan fingerprint density at radius 1 is 1.07 bits per heavy atom. The first-order valence-electron chi connectivity index (χ1n) is 9.53. The molecule has 1 unspecified atom stereocenters. The molecule has 3 heterocycles. The second-order valence-corrected chi connectivity index (χ2v) is 7.27. The molecule has 2 aromatic heterocycles. The molecule has 6 nitrogen and oxygen atoms in total. The number of likely N-dealkylation sites (tertiary alicyclic amines) is 1. The Morgan fingerprint density at radius 2 is 1.86 bits per heavy atom. The fourth-order valence-electron chi connectivity index (χ4n) is 4.13. The third-order valence-corrected chi connectivity index (χ3v) is 5.59. The molecular weight excluding hydrogens is 352 g/mol. The topological polar surface area (TPSA) is 71.0 Å². The Morgan fingerprint density at radius 3 is 2.75 bits per heavy atom. The van der Waals surface area contributed by atoms with Gasteiger partial charge in [-0.1, -0.05) is 30.3 Å². The van der Waals surface area contributed by atoms with Crippen LogP contribution in [0.2, 0.25) is 0 Å². The summed E-state index contributed by atoms with van der Waals surface area (Å²) in [6.07, 6.45) is 5.12. The number of para-hydroxylation sites is 2. The lowest BCUT2D eigenvalue weighted by molar-refractivity contribution is 0.0679. The van der Waals surface area contributed by atoms with Gasteiger partial charge in [0, 0.05) is 30.2 Å². The third-order valence-electron chi connectivity index (χ3n) is 5.59. The summed E-state index contributed by atoms with van der Waals surface area (Å²) in [6.45, 7) is 1.21. The molecule has 1 N–H and O–H groups in total. The van der Waals surface area contributed by atoms with E-state index < -0.39 is 0 Å². The van der Waals surface area contributed by atoms with Crippen LogP contribution in [0.3, 0.4) is 0 Å². The van der Waals surface area contributed by atoms with Crippen molar-refractivity contribution in [2.75, 3.05) is 13.1 Å². The van der Waals surface area contributed by atoms with E-state index in [9.17, 15) is 9.59 Å². The van der Waals surface area contributed by atoms with Crippen molar-refractivity contribution in [1.29, 1.82) is 0 Å². The van der Waals surface area contributed by atoms with E-state index in [1.165, 1.54) is 0 Å². The van der Waals surface area contributed by atoms with Crippen molar-refractivity contribution < 1.29 is 4.79 Å². The van der Waals surface area contributed by atoms with E-state index in [1.807, 2.05) is 47.4 Å². The number of nitrogens with zero attached hydrogens (tertiary/aromatic N) is 3. The van der Waals surface area contributed by atoms with Gasteiger partial charge in [0.25, 0.3) is 11.5 Å². The number of aromatic amines is 1. The van der Waals surface area contributed by atoms with Crippen LogP contribution >= 0.6 is 0 Å². The van der Waals surface area contributed by atoms with Crippen molar-refractivity contribution in [1.82, 2.24) is 19.4 Å². The number of fused-ring (bicyclic) bond motifs is 2. The molecule has 6 heteroatoms. The van der Waals surface area contributed by atoms with Crippen LogP contribution in [0.25, 0.3) is 21.8 Å². The van der Waals surface area contributed by atoms with Gasteiger partial charge in [-0.25, -0.2) is 4.98 Å². The van der Waals surface area contributed by atoms with Gasteiger partial charge in [-0.2, -0.15) is 0 Å². The largest absolute Gasteiger partial charge is 0.360 e. The number of carbonyl (C=O) groups is 1. The number of hydrogen-bond donors (Lipinski definition) is 1. The number of rotatable bonds is 2. The Bertz CT molecular complexity index is 1240. The van der Waals surface area contributed by atoms with Crippen LogP contribution < -0.4 is 5.56 Å². The van der Waals surface area contributed by atoms with Crippen molar-refractivity contribution >= 4 is 27.7 Å². The van der Waals surface area contributed by atoms with Gasteiger partial charge in [0.15, 0.2) is 0 Å². The molecule has 4 aromatic rings. The normalized spacial score (nSPS) is 17.3. The van der Waals surface area contributed by atoms with Crippen molar-refractivity contribution in [3.05, 3.63) is 77.0 Å². The molecule has 0 radical (unpaired) electrons. The molecule has 2 aromatic carbocycles. The molecule has 5 rings (SSSR count). The van der Waals surface area contributed by atoms with Crippen molar-refractivity contribution in [3.63, 3.8) is 0 Å². The van der Waals surface area contributed by atoms with Gasteiger partial charge in [-0.3, -0.25) is 14.2 Å². The van der Waals surface area contributed by atoms with Crippen LogP contribution in [0.1, 0.15) is 29.2 Å². The molecule has 1 saturated heterocycles. The summed E-state index contributed by atoms with van der Waals surface area (Å²) >= 11 is 0. The monoisotopic (exact) mass is 372 g/mol. The van der Waals surface area contributed by atoms with Crippen LogP contribution in [-0.2, 0) is 0 Å². The maximum Gasteiger partial charge on any atom is 0.261 e. The zero-order valence-electron chi connectivity index (χ0n) is 15.3. The second kappa shape index (κ2) is 6.64. The minimum absolute atomic E-state index is 0.00365. The maximum atomic E-state index is 13.2. The standard InChI is InChI=1S/C22H20N4O2/c27-21(18-12-23-19-9-3-1-7-16(18)19)25-11-5-6-15(13-25)26-14-24-20-10-4-2-8-17(20)22(26)28/h1-4,7-10,12,14-15,23H,5-6,11,13H2. The molecule has 1 fully saturated rings. The summed E-state index contributed by atoms with van der Waals surface area (Å²) < 4.78 is 1.69. The van der Waals surface area contributed by atoms with Crippen LogP contribution in [0.15, 0.2) is 65.8 Å². The van der Waals surface area contributed by atoms with Crippen LogP contribution in [0.5, 0.6) is 0 Å². The quantitative estimate of drug-likeness (QED) is 0.587. The summed E-state index contributed by atoms with van der Waals surface area (Å²) in [7, 11) is 0. The summed E-state index contributed by atoms with van der Waals surface area (Å²) in [5.41, 5.74) is 2.29. The summed E-state index contributed by atoms with van der Waals surface area (Å²) in [5, 5.41) is 1.55. The number of hydrogen-bond acceptors (Lipinski definition) is 3. The Labute approximate surface area is 161 Å². The molecule has 140 valence electrons. The number of carbonyl (C=O) groups excluding carboxylic acids is 1. The van der Waals surface area contributed by atoms with Gasteiger partial charge < -0.3 is 9.88 Å². The van der Waals surface area contributed by atoms with E-state index in [2.05, 4.69) is 9.97 Å². The average Bonchev–Trinajstić information content (AvgIpc) is 3.18. The van der Waals surface area contributed by atoms with Crippen molar-refractivity contribution in [3.8, 4) is 0 Å². The highest BCUT2D eigenvalue weighted by atomic mass is 16.2. The van der Waals surface area contributed by atoms with Crippen molar-refractivity contribution in [2.24, 2.45) is 0 Å². The summed E-state index contributed by atoms with van der Waals surface area (Å²) in [4.78, 5) is 35.5. The van der Waals surface area contributed by atoms with Crippen LogP contribution in [-0.4, -0.2) is 38.4 Å². The molecule has 0 saturated carbocycles. The zero-order valence-corrected chi connectivity index (χ0v) is 15.3. The number of piperidine rings is 1. The van der Waals surface area contributed by atoms with Gasteiger partial charge in [-0.15, -0.1) is 0 Å². The molecule has 28 heavy (non-hydrogen) atoms. The highest BCUT2D eigenvalue weighted by Crippen LogP contribution is 2.25. The molecule has 0 spiro atoms. The Balaban J connectivity index is 1.46. The fraction of sp³-hybridized carbons (Fsp3) is 0.227. The first-order valence-corrected chi connectivity index (χ1v) is 9.53. The third kappa shape index (κ3) is 2.69. The number of nitrogens with one attached hydrogen (secondary N) is 1. The number of aromatic nitrogens is 3. The predicted molar refractivity (Wildman–Crippen MR) is 108 cm³/mol. The molecule has 1 aliphatic heterocycles. The second-order valence-electron chi connectivity index (χ2n) is 7.27. The minimum atomic E-state index is -0.0625. The van der Waals surface area contributed by atoms with Gasteiger partial charge in [-0.05, 0) is 31.0 Å². The maximum absolute atomic E-state index is 13.2. The molecule has 0 aliphatic carbocycles. The predicted octanol–water partition coefficient (Wildman–Crippen LogP) is 3.36. The van der Waals surface area contributed by atoms with Crippen LogP contribution in [0.4, 0.5) is 0 Å². The van der Waals surface area contributed by atoms with Crippen LogP contribution in [0, 0.1) is 0 Å². The number of amides is 1. The molecule has 0 bridgehead atoms. The van der Waals surface area contributed by atoms with Gasteiger partial charge in [0.05, 0.1) is 28.8 Å². The first kappa shape index (κ1) is 16.7. The number of benzene rings is 2. The van der Waals surface area contributed by atoms with E-state index in [0.717, 1.165) is 23.7 Å². The van der Waals surface area contributed by atoms with E-state index in [1.54, 1.807) is 23.2 Å². The smallest absolute Gasteiger partial charge is 0.261 e. The van der Waals surface area contributed by atoms with Gasteiger partial charge >= 0.3 is 0 Å². The van der Waals surface area contributed by atoms with E-state index in [0.29, 0.717) is 29.6 Å². The van der Waals surface area contributed by atoms with Gasteiger partial charge in [0.1, 0.15) is 0 Å². The summed E-state index contributed by atoms with van der Waals surface area (Å²) in [5.74, 6) is 0.00365. The highest BCUT2D eigenvalue weighted by Gasteiger charge is 2.27. The van der Waals surface area contributed by atoms with E-state index in [4.69, 9.17) is 0 Å². The van der Waals surface area contributed by atoms with E-state index >= 15 is 0 Å². The highest BCUT2D eigenvalue weighted by molar-refractivity contribution is 6.06. The fourth-order valence-corrected chi connectivity index (χ4v) is 4.13. The average molecular weight is 372 g/mol.